The molecule has 0 unspecified atom stereocenters. The fourth-order valence-corrected chi connectivity index (χ4v) is 3.01. The zero-order valence-electron chi connectivity index (χ0n) is 15.6. The Labute approximate surface area is 179 Å². The summed E-state index contributed by atoms with van der Waals surface area (Å²) in [5.74, 6) is -0.427. The summed E-state index contributed by atoms with van der Waals surface area (Å²) in [6.45, 7) is 8.99. The molecular weight excluding hydrogens is 421 g/mol. The van der Waals surface area contributed by atoms with Gasteiger partial charge in [0.15, 0.2) is 0 Å². The van der Waals surface area contributed by atoms with E-state index in [9.17, 15) is 4.79 Å². The highest BCUT2D eigenvalue weighted by molar-refractivity contribution is 6.43. The molecule has 0 atom stereocenters. The molecule has 2 aromatic rings. The van der Waals surface area contributed by atoms with Crippen molar-refractivity contribution in [1.82, 2.24) is 0 Å². The third-order valence-electron chi connectivity index (χ3n) is 3.95. The molecule has 28 heavy (non-hydrogen) atoms. The molecule has 0 spiro atoms. The Morgan fingerprint density at radius 2 is 1.79 bits per heavy atom. The first kappa shape index (κ1) is 22.2. The van der Waals surface area contributed by atoms with E-state index in [1.165, 1.54) is 6.07 Å². The van der Waals surface area contributed by atoms with E-state index in [0.29, 0.717) is 33.0 Å². The highest BCUT2D eigenvalue weighted by Crippen LogP contribution is 2.35. The summed E-state index contributed by atoms with van der Waals surface area (Å²) < 4.78 is 5.05. The average molecular weight is 441 g/mol. The minimum atomic E-state index is -0.427. The number of halogens is 3. The Kier molecular flexibility index (Phi) is 8.30. The second-order valence-corrected chi connectivity index (χ2v) is 7.06. The number of anilines is 1. The van der Waals surface area contributed by atoms with E-state index in [2.05, 4.69) is 21.7 Å². The molecular formula is C20H20Cl3N3O2. The summed E-state index contributed by atoms with van der Waals surface area (Å²) in [5.41, 5.74) is 3.10. The lowest BCUT2D eigenvalue weighted by molar-refractivity contribution is -0.137. The van der Waals surface area contributed by atoms with E-state index in [1.807, 2.05) is 32.0 Å². The average Bonchev–Trinajstić information content (AvgIpc) is 2.67. The van der Waals surface area contributed by atoms with Crippen LogP contribution >= 0.6 is 34.8 Å². The number of azo groups is 1. The Morgan fingerprint density at radius 3 is 2.43 bits per heavy atom. The second-order valence-electron chi connectivity index (χ2n) is 5.84. The number of carbonyl (C=O) groups excluding carboxylic acids is 1. The zero-order valence-corrected chi connectivity index (χ0v) is 17.9. The van der Waals surface area contributed by atoms with E-state index in [-0.39, 0.29) is 6.61 Å². The Hall–Kier alpha value is -2.08. The number of aryl methyl sites for hydroxylation is 1. The molecule has 8 heteroatoms. The zero-order chi connectivity index (χ0) is 20.7. The number of ether oxygens (including phenoxy) is 1. The number of likely N-dealkylation sites (N-methyl/N-ethyl adjacent to an activating group) is 1. The normalized spacial score (nSPS) is 10.9. The highest BCUT2D eigenvalue weighted by atomic mass is 35.5. The summed E-state index contributed by atoms with van der Waals surface area (Å²) in [6, 6.07) is 8.93. The van der Waals surface area contributed by atoms with Crippen molar-refractivity contribution >= 4 is 57.8 Å². The van der Waals surface area contributed by atoms with Crippen LogP contribution < -0.4 is 4.90 Å². The molecule has 2 aromatic carbocycles. The van der Waals surface area contributed by atoms with Crippen molar-refractivity contribution in [2.24, 2.45) is 10.2 Å². The summed E-state index contributed by atoms with van der Waals surface area (Å²) in [4.78, 5) is 13.3. The molecule has 2 rings (SSSR count). The topological polar surface area (TPSA) is 54.3 Å². The van der Waals surface area contributed by atoms with Gasteiger partial charge in [-0.1, -0.05) is 41.4 Å². The molecule has 0 saturated heterocycles. The van der Waals surface area contributed by atoms with Crippen molar-refractivity contribution in [3.8, 4) is 0 Å². The minimum Gasteiger partial charge on any atom is -0.461 e. The van der Waals surface area contributed by atoms with Gasteiger partial charge in [-0.2, -0.15) is 5.11 Å². The van der Waals surface area contributed by atoms with Gasteiger partial charge in [0.1, 0.15) is 12.3 Å². The van der Waals surface area contributed by atoms with Crippen molar-refractivity contribution in [2.75, 3.05) is 24.6 Å². The number of hydrogen-bond acceptors (Lipinski definition) is 5. The molecule has 0 radical (unpaired) electrons. The molecule has 0 N–H and O–H groups in total. The van der Waals surface area contributed by atoms with Crippen molar-refractivity contribution in [2.45, 2.75) is 13.8 Å². The number of hydrogen-bond donors (Lipinski definition) is 0. The molecule has 0 aliphatic heterocycles. The smallest absolute Gasteiger partial charge is 0.330 e. The second kappa shape index (κ2) is 10.5. The van der Waals surface area contributed by atoms with E-state index in [0.717, 1.165) is 23.9 Å². The maximum absolute atomic E-state index is 11.2. The Bertz CT molecular complexity index is 901. The number of benzene rings is 2. The third kappa shape index (κ3) is 5.96. The predicted octanol–water partition coefficient (Wildman–Crippen LogP) is 6.93. The fourth-order valence-electron chi connectivity index (χ4n) is 2.43. The molecule has 148 valence electrons. The lowest BCUT2D eigenvalue weighted by Gasteiger charge is -2.23. The van der Waals surface area contributed by atoms with Crippen LogP contribution in [0.5, 0.6) is 0 Å². The number of esters is 1. The van der Waals surface area contributed by atoms with Gasteiger partial charge in [0.25, 0.3) is 0 Å². The van der Waals surface area contributed by atoms with Crippen LogP contribution in [0, 0.1) is 6.92 Å². The van der Waals surface area contributed by atoms with Crippen LogP contribution in [-0.2, 0) is 9.53 Å². The van der Waals surface area contributed by atoms with Crippen LogP contribution in [0.3, 0.4) is 0 Å². The van der Waals surface area contributed by atoms with Crippen molar-refractivity contribution < 1.29 is 9.53 Å². The van der Waals surface area contributed by atoms with Gasteiger partial charge in [0, 0.05) is 18.3 Å². The first-order valence-corrected chi connectivity index (χ1v) is 9.70. The number of nitrogens with zero attached hydrogens (tertiary/aromatic N) is 3. The number of rotatable bonds is 8. The van der Waals surface area contributed by atoms with E-state index in [4.69, 9.17) is 39.5 Å². The molecule has 0 heterocycles. The standard InChI is InChI=1S/C20H20Cl3N3O2/c1-4-20(27)28-9-8-26(5-2)14-6-7-18(13(3)10-14)24-25-19-12-16(22)15(21)11-17(19)23/h4,6-7,10-12H,1,5,8-9H2,2-3H3. The first-order chi connectivity index (χ1) is 13.3. The molecule has 0 amide bonds. The van der Waals surface area contributed by atoms with Crippen LogP contribution in [-0.4, -0.2) is 25.7 Å². The molecule has 5 nitrogen and oxygen atoms in total. The van der Waals surface area contributed by atoms with E-state index in [1.54, 1.807) is 6.07 Å². The SMILES string of the molecule is C=CC(=O)OCCN(CC)c1ccc(N=Nc2cc(Cl)c(Cl)cc2Cl)c(C)c1. The van der Waals surface area contributed by atoms with Crippen molar-refractivity contribution in [3.05, 3.63) is 63.6 Å². The maximum Gasteiger partial charge on any atom is 0.330 e. The molecule has 0 aromatic heterocycles. The Balaban J connectivity index is 2.13. The van der Waals surface area contributed by atoms with Crippen LogP contribution in [0.1, 0.15) is 12.5 Å². The fraction of sp³-hybridized carbons (Fsp3) is 0.250. The Morgan fingerprint density at radius 1 is 1.11 bits per heavy atom. The summed E-state index contributed by atoms with van der Waals surface area (Å²) in [7, 11) is 0. The lowest BCUT2D eigenvalue weighted by Crippen LogP contribution is -2.27. The van der Waals surface area contributed by atoms with Crippen LogP contribution in [0.15, 0.2) is 53.2 Å². The molecule has 0 bridgehead atoms. The minimum absolute atomic E-state index is 0.287. The maximum atomic E-state index is 11.2. The first-order valence-electron chi connectivity index (χ1n) is 8.56. The number of carbonyl (C=O) groups is 1. The monoisotopic (exact) mass is 439 g/mol. The van der Waals surface area contributed by atoms with Crippen LogP contribution in [0.4, 0.5) is 17.1 Å². The largest absolute Gasteiger partial charge is 0.461 e. The molecule has 0 aliphatic carbocycles. The third-order valence-corrected chi connectivity index (χ3v) is 4.98. The van der Waals surface area contributed by atoms with Gasteiger partial charge in [-0.15, -0.1) is 5.11 Å². The van der Waals surface area contributed by atoms with Gasteiger partial charge < -0.3 is 9.64 Å². The van der Waals surface area contributed by atoms with Gasteiger partial charge in [-0.05, 0) is 49.7 Å². The summed E-state index contributed by atoms with van der Waals surface area (Å²) in [5, 5.41) is 9.55. The molecule has 0 fully saturated rings. The quantitative estimate of drug-likeness (QED) is 0.194. The van der Waals surface area contributed by atoms with E-state index >= 15 is 0 Å². The highest BCUT2D eigenvalue weighted by Gasteiger charge is 2.09. The van der Waals surface area contributed by atoms with Gasteiger partial charge in [-0.25, -0.2) is 4.79 Å². The summed E-state index contributed by atoms with van der Waals surface area (Å²) in [6.07, 6.45) is 1.15. The lowest BCUT2D eigenvalue weighted by atomic mass is 10.1. The van der Waals surface area contributed by atoms with Crippen LogP contribution in [0.25, 0.3) is 0 Å². The predicted molar refractivity (Wildman–Crippen MR) is 116 cm³/mol. The van der Waals surface area contributed by atoms with E-state index < -0.39 is 5.97 Å². The van der Waals surface area contributed by atoms with Crippen molar-refractivity contribution in [1.29, 1.82) is 0 Å². The summed E-state index contributed by atoms with van der Waals surface area (Å²) >= 11 is 18.1. The van der Waals surface area contributed by atoms with Crippen LogP contribution in [0.2, 0.25) is 15.1 Å². The molecule has 0 saturated carbocycles. The van der Waals surface area contributed by atoms with Gasteiger partial charge in [0.2, 0.25) is 0 Å². The van der Waals surface area contributed by atoms with Gasteiger partial charge in [0.05, 0.1) is 27.3 Å². The molecule has 0 aliphatic rings. The van der Waals surface area contributed by atoms with Crippen molar-refractivity contribution in [3.63, 3.8) is 0 Å². The van der Waals surface area contributed by atoms with Gasteiger partial charge >= 0.3 is 5.97 Å². The van der Waals surface area contributed by atoms with Gasteiger partial charge in [-0.3, -0.25) is 0 Å².